The molecule has 5 atom stereocenters. The third-order valence-corrected chi connectivity index (χ3v) is 9.56. The fraction of sp³-hybridized carbons (Fsp3) is 0.844. The van der Waals surface area contributed by atoms with Crippen molar-refractivity contribution in [2.75, 3.05) is 26.7 Å². The molecule has 1 saturated carbocycles. The lowest BCUT2D eigenvalue weighted by Gasteiger charge is -2.41. The Morgan fingerprint density at radius 1 is 0.846 bits per heavy atom. The number of hydrogen-bond donors (Lipinski definition) is 1. The zero-order valence-electron chi connectivity index (χ0n) is 26.0. The molecule has 39 heavy (non-hydrogen) atoms. The van der Waals surface area contributed by atoms with Crippen LogP contribution < -0.4 is 5.32 Å². The van der Waals surface area contributed by atoms with Crippen molar-refractivity contribution in [1.29, 1.82) is 0 Å². The molecule has 222 valence electrons. The standard InChI is InChI=1S/C32H56N4O3/c1-21(2)28(19-24(7)31(38)35-18-16-25-13-9-10-14-26(25)20-35)34(8)32(39)29(22(3)4)33-30(37)27-15-11-12-17-36(27)23(5)6/h19,21-23,25-29H,9-18,20H2,1-8H3,(H,33,37)/b24-19+/t25?,26?,27-,28-,29+/m1/s1. The molecule has 7 heteroatoms. The van der Waals surface area contributed by atoms with E-state index in [1.807, 2.05) is 38.8 Å². The lowest BCUT2D eigenvalue weighted by molar-refractivity contribution is -0.140. The number of piperidine rings is 2. The van der Waals surface area contributed by atoms with Crippen LogP contribution in [-0.4, -0.2) is 83.3 Å². The molecule has 0 radical (unpaired) electrons. The first-order valence-corrected chi connectivity index (χ1v) is 15.7. The van der Waals surface area contributed by atoms with E-state index in [2.05, 4.69) is 37.9 Å². The Kier molecular flexibility index (Phi) is 11.5. The van der Waals surface area contributed by atoms with Crippen LogP contribution in [0.3, 0.4) is 0 Å². The highest BCUT2D eigenvalue weighted by atomic mass is 16.2. The first-order chi connectivity index (χ1) is 18.4. The first-order valence-electron chi connectivity index (χ1n) is 15.7. The lowest BCUT2D eigenvalue weighted by atomic mass is 9.75. The normalized spacial score (nSPS) is 26.4. The van der Waals surface area contributed by atoms with Crippen molar-refractivity contribution < 1.29 is 14.4 Å². The summed E-state index contributed by atoms with van der Waals surface area (Å²) in [5.74, 6) is 1.47. The average Bonchev–Trinajstić information content (AvgIpc) is 2.92. The summed E-state index contributed by atoms with van der Waals surface area (Å²) in [6.07, 6.45) is 11.2. The highest BCUT2D eigenvalue weighted by Gasteiger charge is 2.37. The van der Waals surface area contributed by atoms with Gasteiger partial charge in [-0.25, -0.2) is 0 Å². The van der Waals surface area contributed by atoms with Crippen LogP contribution >= 0.6 is 0 Å². The van der Waals surface area contributed by atoms with Gasteiger partial charge in [0.2, 0.25) is 17.7 Å². The highest BCUT2D eigenvalue weighted by Crippen LogP contribution is 2.36. The maximum Gasteiger partial charge on any atom is 0.249 e. The molecule has 2 aliphatic heterocycles. The molecule has 2 heterocycles. The van der Waals surface area contributed by atoms with Gasteiger partial charge in [-0.1, -0.05) is 59.5 Å². The summed E-state index contributed by atoms with van der Waals surface area (Å²) in [5, 5.41) is 3.13. The SMILES string of the molecule is C/C(=C\[C@H](C(C)C)N(C)C(=O)[C@@H](NC(=O)[C@H]1CCCCN1C(C)C)C(C)C)C(=O)N1CCC2CCCCC2C1. The van der Waals surface area contributed by atoms with Gasteiger partial charge in [-0.05, 0) is 76.7 Å². The van der Waals surface area contributed by atoms with Crippen LogP contribution in [0.1, 0.15) is 99.8 Å². The van der Waals surface area contributed by atoms with E-state index < -0.39 is 6.04 Å². The second-order valence-electron chi connectivity index (χ2n) is 13.5. The van der Waals surface area contributed by atoms with Crippen molar-refractivity contribution in [3.05, 3.63) is 11.6 Å². The van der Waals surface area contributed by atoms with Crippen LogP contribution in [0.4, 0.5) is 0 Å². The molecule has 2 saturated heterocycles. The van der Waals surface area contributed by atoms with Crippen LogP contribution in [0, 0.1) is 23.7 Å². The third kappa shape index (κ3) is 7.86. The fourth-order valence-corrected chi connectivity index (χ4v) is 7.10. The molecule has 1 N–H and O–H groups in total. The van der Waals surface area contributed by atoms with Crippen molar-refractivity contribution >= 4 is 17.7 Å². The summed E-state index contributed by atoms with van der Waals surface area (Å²) in [4.78, 5) is 46.8. The Morgan fingerprint density at radius 3 is 2.10 bits per heavy atom. The smallest absolute Gasteiger partial charge is 0.249 e. The zero-order chi connectivity index (χ0) is 28.9. The maximum absolute atomic E-state index is 13.8. The van der Waals surface area contributed by atoms with Crippen LogP contribution in [-0.2, 0) is 14.4 Å². The number of carbonyl (C=O) groups is 3. The van der Waals surface area contributed by atoms with Gasteiger partial charge in [0.25, 0.3) is 0 Å². The molecular weight excluding hydrogens is 488 g/mol. The topological polar surface area (TPSA) is 73.0 Å². The monoisotopic (exact) mass is 544 g/mol. The third-order valence-electron chi connectivity index (χ3n) is 9.56. The van der Waals surface area contributed by atoms with Crippen molar-refractivity contribution in [1.82, 2.24) is 20.0 Å². The number of nitrogens with zero attached hydrogens (tertiary/aromatic N) is 3. The van der Waals surface area contributed by atoms with Crippen LogP contribution in [0.15, 0.2) is 11.6 Å². The van der Waals surface area contributed by atoms with Crippen molar-refractivity contribution in [2.45, 2.75) is 124 Å². The Labute approximate surface area is 238 Å². The minimum absolute atomic E-state index is 0.0436. The van der Waals surface area contributed by atoms with Crippen molar-refractivity contribution in [3.8, 4) is 0 Å². The van der Waals surface area contributed by atoms with E-state index in [0.29, 0.717) is 11.5 Å². The quantitative estimate of drug-likeness (QED) is 0.421. The Balaban J connectivity index is 1.70. The fourth-order valence-electron chi connectivity index (χ4n) is 7.10. The van der Waals surface area contributed by atoms with Crippen LogP contribution in [0.5, 0.6) is 0 Å². The zero-order valence-corrected chi connectivity index (χ0v) is 26.0. The first kappa shape index (κ1) is 31.6. The van der Waals surface area contributed by atoms with E-state index in [-0.39, 0.29) is 47.7 Å². The van der Waals surface area contributed by atoms with E-state index >= 15 is 0 Å². The van der Waals surface area contributed by atoms with E-state index in [4.69, 9.17) is 0 Å². The number of hydrogen-bond acceptors (Lipinski definition) is 4. The number of amides is 3. The molecule has 0 aromatic carbocycles. The Bertz CT molecular complexity index is 883. The minimum Gasteiger partial charge on any atom is -0.343 e. The van der Waals surface area contributed by atoms with Gasteiger partial charge >= 0.3 is 0 Å². The summed E-state index contributed by atoms with van der Waals surface area (Å²) in [6, 6.07) is -0.730. The molecule has 3 rings (SSSR count). The number of likely N-dealkylation sites (tertiary alicyclic amines) is 2. The maximum atomic E-state index is 13.8. The van der Waals surface area contributed by atoms with Gasteiger partial charge in [0.15, 0.2) is 0 Å². The Morgan fingerprint density at radius 2 is 1.49 bits per heavy atom. The molecule has 2 unspecified atom stereocenters. The molecule has 3 fully saturated rings. The number of rotatable bonds is 9. The van der Waals surface area contributed by atoms with Gasteiger partial charge in [-0.2, -0.15) is 0 Å². The van der Waals surface area contributed by atoms with Crippen LogP contribution in [0.25, 0.3) is 0 Å². The van der Waals surface area contributed by atoms with E-state index in [1.54, 1.807) is 4.90 Å². The number of carbonyl (C=O) groups excluding carboxylic acids is 3. The molecule has 0 spiro atoms. The minimum atomic E-state index is -0.602. The van der Waals surface area contributed by atoms with Gasteiger partial charge in [-0.15, -0.1) is 0 Å². The molecule has 0 aromatic heterocycles. The van der Waals surface area contributed by atoms with Crippen LogP contribution in [0.2, 0.25) is 0 Å². The second-order valence-corrected chi connectivity index (χ2v) is 13.5. The van der Waals surface area contributed by atoms with Gasteiger partial charge in [-0.3, -0.25) is 19.3 Å². The predicted molar refractivity (Wildman–Crippen MR) is 158 cm³/mol. The number of likely N-dealkylation sites (N-methyl/N-ethyl adjacent to an activating group) is 1. The van der Waals surface area contributed by atoms with Gasteiger partial charge in [0.05, 0.1) is 12.1 Å². The van der Waals surface area contributed by atoms with Crippen molar-refractivity contribution in [2.24, 2.45) is 23.7 Å². The molecule has 3 amide bonds. The van der Waals surface area contributed by atoms with E-state index in [0.717, 1.165) is 51.2 Å². The summed E-state index contributed by atoms with van der Waals surface area (Å²) in [5.41, 5.74) is 0.711. The molecule has 7 nitrogen and oxygen atoms in total. The largest absolute Gasteiger partial charge is 0.343 e. The number of fused-ring (bicyclic) bond motifs is 1. The number of nitrogens with one attached hydrogen (secondary N) is 1. The van der Waals surface area contributed by atoms with Gasteiger partial charge < -0.3 is 15.1 Å². The summed E-state index contributed by atoms with van der Waals surface area (Å²) in [6.45, 7) is 16.9. The predicted octanol–water partition coefficient (Wildman–Crippen LogP) is 4.86. The molecular formula is C32H56N4O3. The average molecular weight is 545 g/mol. The Hall–Kier alpha value is -1.89. The highest BCUT2D eigenvalue weighted by molar-refractivity contribution is 5.93. The molecule has 0 aromatic rings. The van der Waals surface area contributed by atoms with E-state index in [9.17, 15) is 14.4 Å². The summed E-state index contributed by atoms with van der Waals surface area (Å²) < 4.78 is 0. The molecule has 1 aliphatic carbocycles. The second kappa shape index (κ2) is 14.1. The van der Waals surface area contributed by atoms with Gasteiger partial charge in [0.1, 0.15) is 6.04 Å². The molecule has 0 bridgehead atoms. The van der Waals surface area contributed by atoms with E-state index in [1.165, 1.54) is 25.7 Å². The van der Waals surface area contributed by atoms with Gasteiger partial charge in [0, 0.05) is 31.8 Å². The lowest BCUT2D eigenvalue weighted by Crippen LogP contribution is -2.58. The van der Waals surface area contributed by atoms with Crippen molar-refractivity contribution in [3.63, 3.8) is 0 Å². The summed E-state index contributed by atoms with van der Waals surface area (Å²) >= 11 is 0. The summed E-state index contributed by atoms with van der Waals surface area (Å²) in [7, 11) is 1.82. The molecule has 3 aliphatic rings.